The van der Waals surface area contributed by atoms with Gasteiger partial charge in [0.1, 0.15) is 34.6 Å². The van der Waals surface area contributed by atoms with Crippen molar-refractivity contribution in [1.29, 1.82) is 0 Å². The Bertz CT molecular complexity index is 1250. The third-order valence-electron chi connectivity index (χ3n) is 6.69. The van der Waals surface area contributed by atoms with Crippen LogP contribution in [0.4, 0.5) is 8.78 Å². The molecule has 0 radical (unpaired) electrons. The van der Waals surface area contributed by atoms with E-state index in [9.17, 15) is 13.6 Å². The van der Waals surface area contributed by atoms with Crippen LogP contribution in [0.5, 0.6) is 17.2 Å². The van der Waals surface area contributed by atoms with Crippen LogP contribution in [0.15, 0.2) is 36.7 Å². The van der Waals surface area contributed by atoms with Crippen LogP contribution in [0.3, 0.4) is 0 Å². The molecule has 1 aromatic carbocycles. The van der Waals surface area contributed by atoms with Crippen LogP contribution >= 0.6 is 0 Å². The molecule has 1 saturated carbocycles. The molecule has 0 bridgehead atoms. The smallest absolute Gasteiger partial charge is 0.387 e. The first-order valence-electron chi connectivity index (χ1n) is 12.6. The van der Waals surface area contributed by atoms with E-state index in [0.29, 0.717) is 28.6 Å². The molecule has 5 rings (SSSR count). The largest absolute Gasteiger partial charge is 0.496 e. The molecular formula is C27H31F2N3O5. The Labute approximate surface area is 214 Å². The molecule has 2 fully saturated rings. The number of methoxy groups -OCH3 is 1. The van der Waals surface area contributed by atoms with Gasteiger partial charge in [-0.05, 0) is 43.9 Å². The molecule has 8 nitrogen and oxygen atoms in total. The van der Waals surface area contributed by atoms with Gasteiger partial charge in [0.15, 0.2) is 5.78 Å². The number of carbonyl (C=O) groups excluding carboxylic acids is 1. The van der Waals surface area contributed by atoms with E-state index in [1.807, 2.05) is 29.7 Å². The van der Waals surface area contributed by atoms with Gasteiger partial charge < -0.3 is 18.9 Å². The Balaban J connectivity index is 1.41. The summed E-state index contributed by atoms with van der Waals surface area (Å²) in [7, 11) is 1.41. The monoisotopic (exact) mass is 515 g/mol. The quantitative estimate of drug-likeness (QED) is 0.343. The number of morpholine rings is 1. The lowest BCUT2D eigenvalue weighted by molar-refractivity contribution is -0.0502. The van der Waals surface area contributed by atoms with Gasteiger partial charge in [-0.1, -0.05) is 0 Å². The Morgan fingerprint density at radius 1 is 1.16 bits per heavy atom. The first kappa shape index (κ1) is 25.4. The van der Waals surface area contributed by atoms with E-state index < -0.39 is 6.61 Å². The maximum absolute atomic E-state index is 13.3. The highest BCUT2D eigenvalue weighted by atomic mass is 19.3. The van der Waals surface area contributed by atoms with Crippen molar-refractivity contribution >= 4 is 11.4 Å². The number of carbonyl (C=O) groups is 1. The fraction of sp³-hybridized carbons (Fsp3) is 0.481. The van der Waals surface area contributed by atoms with Gasteiger partial charge in [-0.3, -0.25) is 14.1 Å². The van der Waals surface area contributed by atoms with Crippen molar-refractivity contribution in [2.45, 2.75) is 38.9 Å². The van der Waals surface area contributed by atoms with Gasteiger partial charge in [0.25, 0.3) is 0 Å². The van der Waals surface area contributed by atoms with Crippen molar-refractivity contribution in [1.82, 2.24) is 14.3 Å². The van der Waals surface area contributed by atoms with Crippen molar-refractivity contribution in [2.75, 3.05) is 40.0 Å². The molecular weight excluding hydrogens is 484 g/mol. The lowest BCUT2D eigenvalue weighted by Gasteiger charge is -2.29. The topological polar surface area (TPSA) is 74.5 Å². The average molecular weight is 516 g/mol. The maximum Gasteiger partial charge on any atom is 0.387 e. The minimum atomic E-state index is -3.08. The second-order valence-corrected chi connectivity index (χ2v) is 9.58. The summed E-state index contributed by atoms with van der Waals surface area (Å²) in [6.45, 7) is 3.00. The number of halogens is 2. The number of hydrogen-bond donors (Lipinski definition) is 0. The van der Waals surface area contributed by atoms with E-state index in [4.69, 9.17) is 18.9 Å². The lowest BCUT2D eigenvalue weighted by atomic mass is 10.00. The van der Waals surface area contributed by atoms with Crippen LogP contribution in [0.2, 0.25) is 0 Å². The van der Waals surface area contributed by atoms with E-state index in [-0.39, 0.29) is 35.4 Å². The number of ketones is 1. The van der Waals surface area contributed by atoms with Gasteiger partial charge >= 0.3 is 6.61 Å². The fourth-order valence-corrected chi connectivity index (χ4v) is 4.71. The molecule has 0 N–H and O–H groups in total. The Hall–Kier alpha value is -3.24. The van der Waals surface area contributed by atoms with Crippen molar-refractivity contribution in [3.05, 3.63) is 42.2 Å². The molecule has 1 aliphatic heterocycles. The molecule has 3 heterocycles. The van der Waals surface area contributed by atoms with Gasteiger partial charge in [-0.15, -0.1) is 0 Å². The Kier molecular flexibility index (Phi) is 7.57. The number of Topliss-reactive ketones (excluding diaryl/α,β-unsaturated/α-hetero) is 1. The SMILES string of the molecule is COc1cc(-c2cnc3cc(OC(C)CN4CCOCC4)ccn23)cc(OC(F)F)c1C(=O)CC1CC1. The van der Waals surface area contributed by atoms with Crippen LogP contribution in [-0.2, 0) is 4.74 Å². The van der Waals surface area contributed by atoms with Crippen LogP contribution in [0.25, 0.3) is 16.9 Å². The molecule has 1 aliphatic carbocycles. The van der Waals surface area contributed by atoms with Crippen molar-refractivity contribution < 1.29 is 32.5 Å². The summed E-state index contributed by atoms with van der Waals surface area (Å²) in [6.07, 6.45) is 5.67. The van der Waals surface area contributed by atoms with Crippen molar-refractivity contribution in [2.24, 2.45) is 5.92 Å². The molecule has 0 amide bonds. The van der Waals surface area contributed by atoms with Gasteiger partial charge in [0, 0.05) is 43.9 Å². The first-order valence-corrected chi connectivity index (χ1v) is 12.6. The maximum atomic E-state index is 13.3. The van der Waals surface area contributed by atoms with Crippen molar-refractivity contribution in [3.8, 4) is 28.5 Å². The number of hydrogen-bond acceptors (Lipinski definition) is 7. The summed E-state index contributed by atoms with van der Waals surface area (Å²) in [5, 5.41) is 0. The van der Waals surface area contributed by atoms with Gasteiger partial charge in [-0.2, -0.15) is 8.78 Å². The molecule has 2 aromatic heterocycles. The van der Waals surface area contributed by atoms with Crippen LogP contribution in [0.1, 0.15) is 36.5 Å². The minimum Gasteiger partial charge on any atom is -0.496 e. The zero-order valence-corrected chi connectivity index (χ0v) is 21.0. The second-order valence-electron chi connectivity index (χ2n) is 9.58. The third kappa shape index (κ3) is 6.02. The Morgan fingerprint density at radius 3 is 2.62 bits per heavy atom. The molecule has 1 saturated heterocycles. The highest BCUT2D eigenvalue weighted by molar-refractivity contribution is 6.02. The molecule has 3 aromatic rings. The second kappa shape index (κ2) is 11.0. The number of ether oxygens (including phenoxy) is 4. The lowest BCUT2D eigenvalue weighted by Crippen LogP contribution is -2.41. The van der Waals surface area contributed by atoms with E-state index in [0.717, 1.165) is 45.7 Å². The van der Waals surface area contributed by atoms with Crippen molar-refractivity contribution in [3.63, 3.8) is 0 Å². The summed E-state index contributed by atoms with van der Waals surface area (Å²) in [5.74, 6) is 0.731. The summed E-state index contributed by atoms with van der Waals surface area (Å²) < 4.78 is 50.2. The van der Waals surface area contributed by atoms with Gasteiger partial charge in [0.2, 0.25) is 0 Å². The zero-order valence-electron chi connectivity index (χ0n) is 21.0. The standard InChI is InChI=1S/C27H31F2N3O5/c1-17(16-31-7-9-35-10-8-31)36-20-5-6-32-21(15-30-25(32)14-20)19-12-23(34-2)26(22(33)11-18-3-4-18)24(13-19)37-27(28)29/h5-6,12-15,17-18,27H,3-4,7-11,16H2,1-2H3. The number of pyridine rings is 1. The summed E-state index contributed by atoms with van der Waals surface area (Å²) in [6, 6.07) is 6.79. The number of nitrogens with zero attached hydrogens (tertiary/aromatic N) is 3. The van der Waals surface area contributed by atoms with E-state index in [1.165, 1.54) is 13.2 Å². The fourth-order valence-electron chi connectivity index (χ4n) is 4.71. The van der Waals surface area contributed by atoms with Crippen LogP contribution in [-0.4, -0.2) is 72.7 Å². The van der Waals surface area contributed by atoms with Gasteiger partial charge in [-0.25, -0.2) is 4.98 Å². The van der Waals surface area contributed by atoms with Gasteiger partial charge in [0.05, 0.1) is 32.2 Å². The number of fused-ring (bicyclic) bond motifs is 1. The van der Waals surface area contributed by atoms with E-state index in [2.05, 4.69) is 9.88 Å². The molecule has 198 valence electrons. The summed E-state index contributed by atoms with van der Waals surface area (Å²) in [5.41, 5.74) is 1.87. The minimum absolute atomic E-state index is 0.0194. The Morgan fingerprint density at radius 2 is 1.92 bits per heavy atom. The number of aromatic nitrogens is 2. The third-order valence-corrected chi connectivity index (χ3v) is 6.69. The van der Waals surface area contributed by atoms with E-state index >= 15 is 0 Å². The molecule has 1 atom stereocenters. The van der Waals surface area contributed by atoms with Crippen LogP contribution < -0.4 is 14.2 Å². The zero-order chi connectivity index (χ0) is 25.9. The number of benzene rings is 1. The number of imidazole rings is 1. The van der Waals surface area contributed by atoms with Crippen LogP contribution in [0, 0.1) is 5.92 Å². The predicted octanol–water partition coefficient (Wildman–Crippen LogP) is 4.69. The predicted molar refractivity (Wildman–Crippen MR) is 133 cm³/mol. The highest BCUT2D eigenvalue weighted by Gasteiger charge is 2.30. The first-order chi connectivity index (χ1) is 17.9. The summed E-state index contributed by atoms with van der Waals surface area (Å²) in [4.78, 5) is 19.7. The molecule has 1 unspecified atom stereocenters. The summed E-state index contributed by atoms with van der Waals surface area (Å²) >= 11 is 0. The highest BCUT2D eigenvalue weighted by Crippen LogP contribution is 2.40. The molecule has 37 heavy (non-hydrogen) atoms. The number of rotatable bonds is 11. The number of alkyl halides is 2. The molecule has 0 spiro atoms. The molecule has 2 aliphatic rings. The van der Waals surface area contributed by atoms with E-state index in [1.54, 1.807) is 12.3 Å². The average Bonchev–Trinajstić information content (AvgIpc) is 3.58. The normalized spacial score (nSPS) is 17.2. The molecule has 10 heteroatoms.